The van der Waals surface area contributed by atoms with Crippen LogP contribution in [-0.2, 0) is 30.5 Å². The molecule has 1 aliphatic heterocycles. The van der Waals surface area contributed by atoms with Crippen LogP contribution in [0.2, 0.25) is 0 Å². The molecule has 1 atom stereocenters. The summed E-state index contributed by atoms with van der Waals surface area (Å²) in [6.45, 7) is 0.831. The molecule has 0 unspecified atom stereocenters. The molecule has 1 N–H and O–H groups in total. The number of fused-ring (bicyclic) bond motifs is 3. The molecule has 3 aromatic rings. The molecular weight excluding hydrogens is 455 g/mol. The van der Waals surface area contributed by atoms with Crippen LogP contribution in [0.3, 0.4) is 0 Å². The van der Waals surface area contributed by atoms with E-state index in [1.54, 1.807) is 12.1 Å². The summed E-state index contributed by atoms with van der Waals surface area (Å²) in [7, 11) is 0. The van der Waals surface area contributed by atoms with Crippen molar-refractivity contribution < 1.29 is 27.8 Å². The Morgan fingerprint density at radius 2 is 1.83 bits per heavy atom. The number of alkyl halides is 3. The first-order chi connectivity index (χ1) is 16.8. The van der Waals surface area contributed by atoms with Crippen molar-refractivity contribution in [1.82, 2.24) is 4.57 Å². The van der Waals surface area contributed by atoms with Crippen molar-refractivity contribution in [2.45, 2.75) is 76.6 Å². The van der Waals surface area contributed by atoms with Crippen molar-refractivity contribution >= 4 is 16.9 Å². The van der Waals surface area contributed by atoms with Gasteiger partial charge in [-0.1, -0.05) is 44.2 Å². The molecule has 2 aromatic carbocycles. The highest BCUT2D eigenvalue weighted by Gasteiger charge is 2.34. The lowest BCUT2D eigenvalue weighted by molar-refractivity contribution is -0.139. The molecule has 0 spiro atoms. The summed E-state index contributed by atoms with van der Waals surface area (Å²) in [6, 6.07) is 12.2. The second kappa shape index (κ2) is 9.59. The fourth-order valence-corrected chi connectivity index (χ4v) is 5.82. The Hall–Kier alpha value is -2.96. The average molecular weight is 486 g/mol. The summed E-state index contributed by atoms with van der Waals surface area (Å²) in [5.41, 5.74) is 2.36. The van der Waals surface area contributed by atoms with Gasteiger partial charge < -0.3 is 14.4 Å². The third-order valence-electron chi connectivity index (χ3n) is 7.56. The minimum Gasteiger partial charge on any atom is -0.489 e. The third-order valence-corrected chi connectivity index (χ3v) is 7.56. The predicted octanol–water partition coefficient (Wildman–Crippen LogP) is 7.32. The van der Waals surface area contributed by atoms with Crippen LogP contribution in [0.1, 0.15) is 73.2 Å². The maximum absolute atomic E-state index is 13.8. The van der Waals surface area contributed by atoms with E-state index < -0.39 is 17.7 Å². The van der Waals surface area contributed by atoms with Gasteiger partial charge >= 0.3 is 12.1 Å². The van der Waals surface area contributed by atoms with Crippen molar-refractivity contribution in [3.8, 4) is 5.75 Å². The van der Waals surface area contributed by atoms with Gasteiger partial charge in [0.2, 0.25) is 0 Å². The van der Waals surface area contributed by atoms with Crippen LogP contribution in [0.5, 0.6) is 5.75 Å². The molecule has 0 radical (unpaired) electrons. The normalized spacial score (nSPS) is 18.7. The van der Waals surface area contributed by atoms with Gasteiger partial charge in [-0.05, 0) is 60.2 Å². The van der Waals surface area contributed by atoms with Crippen LogP contribution in [0.15, 0.2) is 42.5 Å². The lowest BCUT2D eigenvalue weighted by atomic mass is 9.83. The van der Waals surface area contributed by atoms with Gasteiger partial charge in [-0.2, -0.15) is 13.2 Å². The van der Waals surface area contributed by atoms with E-state index in [9.17, 15) is 18.0 Å². The summed E-state index contributed by atoms with van der Waals surface area (Å²) in [6.07, 6.45) is 2.41. The minimum atomic E-state index is -4.39. The van der Waals surface area contributed by atoms with Crippen molar-refractivity contribution in [3.63, 3.8) is 0 Å². The quantitative estimate of drug-likeness (QED) is 0.381. The molecule has 1 saturated carbocycles. The van der Waals surface area contributed by atoms with E-state index in [1.165, 1.54) is 12.5 Å². The molecule has 35 heavy (non-hydrogen) atoms. The van der Waals surface area contributed by atoms with E-state index in [1.807, 2.05) is 24.3 Å². The maximum Gasteiger partial charge on any atom is 0.416 e. The fraction of sp³-hybridized carbons (Fsp3) is 0.464. The number of carbonyl (C=O) groups is 1. The van der Waals surface area contributed by atoms with E-state index in [0.29, 0.717) is 29.2 Å². The number of aromatic nitrogens is 1. The SMILES string of the molecule is O=C(O)C[C@H]1CCn2c1cc1cc(OCc3ccc(CC4CCCCC4)c(C(F)(F)F)c3)ccc12. The van der Waals surface area contributed by atoms with Gasteiger partial charge in [0.1, 0.15) is 12.4 Å². The molecular formula is C28H30F3NO3. The molecule has 4 nitrogen and oxygen atoms in total. The zero-order valence-corrected chi connectivity index (χ0v) is 19.6. The number of benzene rings is 2. The third kappa shape index (κ3) is 5.19. The van der Waals surface area contributed by atoms with Gasteiger partial charge in [-0.3, -0.25) is 4.79 Å². The van der Waals surface area contributed by atoms with Gasteiger partial charge in [-0.15, -0.1) is 0 Å². The Balaban J connectivity index is 1.31. The topological polar surface area (TPSA) is 51.5 Å². The van der Waals surface area contributed by atoms with E-state index >= 15 is 0 Å². The molecule has 186 valence electrons. The Kier molecular flexibility index (Phi) is 6.51. The number of carboxylic acids is 1. The monoisotopic (exact) mass is 485 g/mol. The molecule has 1 aromatic heterocycles. The van der Waals surface area contributed by atoms with E-state index in [2.05, 4.69) is 4.57 Å². The summed E-state index contributed by atoms with van der Waals surface area (Å²) >= 11 is 0. The van der Waals surface area contributed by atoms with Crippen molar-refractivity contribution in [1.29, 1.82) is 0 Å². The highest BCUT2D eigenvalue weighted by atomic mass is 19.4. The van der Waals surface area contributed by atoms with E-state index in [0.717, 1.165) is 55.2 Å². The standard InChI is InChI=1S/C28H30F3NO3/c29-28(30,31)24-13-19(6-7-20(24)12-18-4-2-1-3-5-18)17-35-23-8-9-25-22(14-23)15-26-21(16-27(33)34)10-11-32(25)26/h6-9,13-15,18,21H,1-5,10-12,16-17H2,(H,33,34)/t21-/m1/s1. The molecule has 2 heterocycles. The van der Waals surface area contributed by atoms with E-state index in [-0.39, 0.29) is 18.9 Å². The number of carboxylic acid groups (broad SMARTS) is 1. The maximum atomic E-state index is 13.8. The van der Waals surface area contributed by atoms with Crippen molar-refractivity contribution in [2.75, 3.05) is 0 Å². The summed E-state index contributed by atoms with van der Waals surface area (Å²) in [4.78, 5) is 11.2. The molecule has 5 rings (SSSR count). The zero-order chi connectivity index (χ0) is 24.6. The first kappa shape index (κ1) is 23.8. The van der Waals surface area contributed by atoms with Gasteiger partial charge in [0.25, 0.3) is 0 Å². The largest absolute Gasteiger partial charge is 0.489 e. The fourth-order valence-electron chi connectivity index (χ4n) is 5.82. The van der Waals surface area contributed by atoms with Crippen molar-refractivity contribution in [2.24, 2.45) is 5.92 Å². The number of hydrogen-bond acceptors (Lipinski definition) is 2. The lowest BCUT2D eigenvalue weighted by Gasteiger charge is -2.23. The molecule has 1 aliphatic carbocycles. The number of nitrogens with zero attached hydrogens (tertiary/aromatic N) is 1. The van der Waals surface area contributed by atoms with Crippen molar-refractivity contribution in [3.05, 3.63) is 64.8 Å². The first-order valence-electron chi connectivity index (χ1n) is 12.4. The zero-order valence-electron chi connectivity index (χ0n) is 19.6. The average Bonchev–Trinajstić information content (AvgIpc) is 3.37. The van der Waals surface area contributed by atoms with Crippen LogP contribution in [0, 0.1) is 5.92 Å². The van der Waals surface area contributed by atoms with Crippen LogP contribution >= 0.6 is 0 Å². The first-order valence-corrected chi connectivity index (χ1v) is 12.4. The summed E-state index contributed by atoms with van der Waals surface area (Å²) in [5, 5.41) is 10.1. The second-order valence-corrected chi connectivity index (χ2v) is 10.0. The molecule has 0 amide bonds. The Bertz CT molecular complexity index is 1220. The second-order valence-electron chi connectivity index (χ2n) is 10.0. The number of aryl methyl sites for hydroxylation is 1. The van der Waals surface area contributed by atoms with Crippen LogP contribution in [0.25, 0.3) is 10.9 Å². The number of hydrogen-bond donors (Lipinski definition) is 1. The van der Waals surface area contributed by atoms with Crippen LogP contribution in [0.4, 0.5) is 13.2 Å². The number of ether oxygens (including phenoxy) is 1. The highest BCUT2D eigenvalue weighted by molar-refractivity contribution is 5.83. The van der Waals surface area contributed by atoms with Crippen LogP contribution in [-0.4, -0.2) is 15.6 Å². The predicted molar refractivity (Wildman–Crippen MR) is 128 cm³/mol. The molecule has 2 aliphatic rings. The number of aliphatic carboxylic acids is 1. The van der Waals surface area contributed by atoms with Gasteiger partial charge in [0, 0.05) is 29.1 Å². The number of rotatable bonds is 7. The number of halogens is 3. The minimum absolute atomic E-state index is 0.00261. The van der Waals surface area contributed by atoms with Gasteiger partial charge in [0.05, 0.1) is 12.0 Å². The van der Waals surface area contributed by atoms with Gasteiger partial charge in [0.15, 0.2) is 0 Å². The van der Waals surface area contributed by atoms with Crippen LogP contribution < -0.4 is 4.74 Å². The van der Waals surface area contributed by atoms with E-state index in [4.69, 9.17) is 9.84 Å². The highest BCUT2D eigenvalue weighted by Crippen LogP contribution is 2.38. The smallest absolute Gasteiger partial charge is 0.416 e. The molecule has 0 saturated heterocycles. The Labute approximate surface area is 202 Å². The Morgan fingerprint density at radius 1 is 1.03 bits per heavy atom. The Morgan fingerprint density at radius 3 is 2.57 bits per heavy atom. The molecule has 0 bridgehead atoms. The summed E-state index contributed by atoms with van der Waals surface area (Å²) in [5.74, 6) is 0.104. The molecule has 7 heteroatoms. The molecule has 1 fully saturated rings. The van der Waals surface area contributed by atoms with Gasteiger partial charge in [-0.25, -0.2) is 0 Å². The lowest BCUT2D eigenvalue weighted by Crippen LogP contribution is -2.15. The summed E-state index contributed by atoms with van der Waals surface area (Å²) < 4.78 is 49.5.